The summed E-state index contributed by atoms with van der Waals surface area (Å²) in [5.41, 5.74) is 2.56. The first-order chi connectivity index (χ1) is 20.5. The molecule has 1 aromatic carbocycles. The fourth-order valence-corrected chi connectivity index (χ4v) is 3.07. The van der Waals surface area contributed by atoms with Gasteiger partial charge in [-0.05, 0) is 39.2 Å². The smallest absolute Gasteiger partial charge is 0.333 e. The second kappa shape index (κ2) is 33.1. The van der Waals surface area contributed by atoms with Gasteiger partial charge in [0.15, 0.2) is 0 Å². The van der Waals surface area contributed by atoms with E-state index < -0.39 is 0 Å². The molecule has 0 saturated heterocycles. The van der Waals surface area contributed by atoms with Crippen molar-refractivity contribution in [2.75, 3.05) is 20.3 Å². The molecule has 0 bridgehead atoms. The summed E-state index contributed by atoms with van der Waals surface area (Å²) in [5, 5.41) is 0. The van der Waals surface area contributed by atoms with E-state index in [9.17, 15) is 14.4 Å². The van der Waals surface area contributed by atoms with E-state index in [1.165, 1.54) is 70.5 Å². The van der Waals surface area contributed by atoms with E-state index in [-0.39, 0.29) is 17.9 Å². The minimum atomic E-state index is -0.347. The molecule has 0 aliphatic carbocycles. The number of carbonyl (C=O) groups excluding carboxylic acids is 3. The molecular formula is C37H60O6. The Labute approximate surface area is 263 Å². The van der Waals surface area contributed by atoms with Crippen LogP contribution in [0.15, 0.2) is 73.4 Å². The molecule has 0 aliphatic rings. The summed E-state index contributed by atoms with van der Waals surface area (Å²) in [7, 11) is 1.33. The van der Waals surface area contributed by atoms with E-state index in [1.807, 2.05) is 36.4 Å². The van der Waals surface area contributed by atoms with Crippen LogP contribution in [0.25, 0.3) is 6.08 Å². The van der Waals surface area contributed by atoms with Crippen LogP contribution in [0.2, 0.25) is 0 Å². The number of esters is 3. The molecule has 0 amide bonds. The highest BCUT2D eigenvalue weighted by Gasteiger charge is 2.02. The summed E-state index contributed by atoms with van der Waals surface area (Å²) in [5.74, 6) is -0.889. The van der Waals surface area contributed by atoms with Crippen LogP contribution in [0.4, 0.5) is 0 Å². The maximum absolute atomic E-state index is 11.1. The van der Waals surface area contributed by atoms with E-state index >= 15 is 0 Å². The molecule has 0 spiro atoms. The van der Waals surface area contributed by atoms with Crippen LogP contribution in [0.1, 0.15) is 117 Å². The Morgan fingerprint density at radius 3 is 1.28 bits per heavy atom. The predicted molar refractivity (Wildman–Crippen MR) is 182 cm³/mol. The van der Waals surface area contributed by atoms with Gasteiger partial charge in [-0.25, -0.2) is 14.4 Å². The molecule has 0 aliphatic heterocycles. The van der Waals surface area contributed by atoms with Crippen molar-refractivity contribution in [2.24, 2.45) is 0 Å². The summed E-state index contributed by atoms with van der Waals surface area (Å²) in [6.45, 7) is 24.3. The number of hydrogen-bond donors (Lipinski definition) is 0. The SMILES string of the molecule is C=C(C)C(=O)OC.C=C(C)C(=O)OCCCC.C=C(C)C(=O)OCCCCCCCCCCCC.C=Cc1ccccc1. The topological polar surface area (TPSA) is 78.9 Å². The van der Waals surface area contributed by atoms with Gasteiger partial charge in [0, 0.05) is 16.7 Å². The number of ether oxygens (including phenoxy) is 3. The Kier molecular flexibility index (Phi) is 33.9. The third-order valence-corrected chi connectivity index (χ3v) is 5.73. The van der Waals surface area contributed by atoms with Crippen molar-refractivity contribution >= 4 is 24.0 Å². The van der Waals surface area contributed by atoms with Crippen molar-refractivity contribution < 1.29 is 28.6 Å². The maximum Gasteiger partial charge on any atom is 0.333 e. The van der Waals surface area contributed by atoms with Crippen molar-refractivity contribution in [1.29, 1.82) is 0 Å². The van der Waals surface area contributed by atoms with Gasteiger partial charge in [-0.15, -0.1) is 0 Å². The van der Waals surface area contributed by atoms with E-state index in [2.05, 4.69) is 44.9 Å². The number of benzene rings is 1. The normalized spacial score (nSPS) is 9.26. The van der Waals surface area contributed by atoms with Crippen LogP contribution in [0, 0.1) is 0 Å². The molecule has 0 saturated carbocycles. The lowest BCUT2D eigenvalue weighted by Gasteiger charge is -2.04. The minimum absolute atomic E-state index is 0.258. The van der Waals surface area contributed by atoms with E-state index in [4.69, 9.17) is 9.47 Å². The molecule has 0 unspecified atom stereocenters. The Hall–Kier alpha value is -3.41. The number of unbranched alkanes of at least 4 members (excludes halogenated alkanes) is 10. The second-order valence-corrected chi connectivity index (χ2v) is 10.3. The van der Waals surface area contributed by atoms with Crippen LogP contribution >= 0.6 is 0 Å². The summed E-state index contributed by atoms with van der Waals surface area (Å²) in [6.07, 6.45) is 16.8. The first-order valence-corrected chi connectivity index (χ1v) is 15.5. The fourth-order valence-electron chi connectivity index (χ4n) is 3.07. The molecule has 0 fully saturated rings. The highest BCUT2D eigenvalue weighted by Crippen LogP contribution is 2.10. The molecule has 6 nitrogen and oxygen atoms in total. The number of methoxy groups -OCH3 is 1. The van der Waals surface area contributed by atoms with Gasteiger partial charge in [-0.1, -0.05) is 141 Å². The highest BCUT2D eigenvalue weighted by molar-refractivity contribution is 5.87. The molecule has 1 rings (SSSR count). The average Bonchev–Trinajstić information content (AvgIpc) is 3.00. The van der Waals surface area contributed by atoms with Gasteiger partial charge in [-0.2, -0.15) is 0 Å². The van der Waals surface area contributed by atoms with Crippen LogP contribution in [-0.2, 0) is 28.6 Å². The molecule has 0 radical (unpaired) electrons. The van der Waals surface area contributed by atoms with Crippen molar-refractivity contribution in [2.45, 2.75) is 112 Å². The summed E-state index contributed by atoms with van der Waals surface area (Å²) >= 11 is 0. The summed E-state index contributed by atoms with van der Waals surface area (Å²) in [6, 6.07) is 10.0. The Morgan fingerprint density at radius 1 is 0.605 bits per heavy atom. The number of hydrogen-bond acceptors (Lipinski definition) is 6. The Balaban J connectivity index is -0.000000539. The zero-order valence-corrected chi connectivity index (χ0v) is 28.1. The van der Waals surface area contributed by atoms with Gasteiger partial charge in [-0.3, -0.25) is 0 Å². The molecule has 244 valence electrons. The zero-order valence-electron chi connectivity index (χ0n) is 28.1. The van der Waals surface area contributed by atoms with E-state index in [0.717, 1.165) is 19.3 Å². The zero-order chi connectivity index (χ0) is 33.3. The number of rotatable bonds is 18. The van der Waals surface area contributed by atoms with Gasteiger partial charge in [0.05, 0.1) is 20.3 Å². The molecule has 1 aromatic rings. The summed E-state index contributed by atoms with van der Waals surface area (Å²) in [4.78, 5) is 32.0. The third-order valence-electron chi connectivity index (χ3n) is 5.73. The third kappa shape index (κ3) is 34.7. The van der Waals surface area contributed by atoms with Crippen molar-refractivity contribution in [1.82, 2.24) is 0 Å². The van der Waals surface area contributed by atoms with Crippen molar-refractivity contribution in [3.8, 4) is 0 Å². The van der Waals surface area contributed by atoms with E-state index in [0.29, 0.717) is 29.9 Å². The van der Waals surface area contributed by atoms with Gasteiger partial charge in [0.1, 0.15) is 0 Å². The average molecular weight is 601 g/mol. The number of carbonyl (C=O) groups is 3. The first-order valence-electron chi connectivity index (χ1n) is 15.5. The molecule has 0 N–H and O–H groups in total. The highest BCUT2D eigenvalue weighted by atomic mass is 16.5. The van der Waals surface area contributed by atoms with Crippen LogP contribution in [-0.4, -0.2) is 38.2 Å². The lowest BCUT2D eigenvalue weighted by atomic mass is 10.1. The van der Waals surface area contributed by atoms with Crippen LogP contribution in [0.5, 0.6) is 0 Å². The fraction of sp³-hybridized carbons (Fsp3) is 0.541. The summed E-state index contributed by atoms with van der Waals surface area (Å²) < 4.78 is 14.1. The molecule has 43 heavy (non-hydrogen) atoms. The quantitative estimate of drug-likeness (QED) is 0.0722. The minimum Gasteiger partial charge on any atom is -0.466 e. The van der Waals surface area contributed by atoms with Crippen LogP contribution < -0.4 is 0 Å². The molecular weight excluding hydrogens is 540 g/mol. The monoisotopic (exact) mass is 600 g/mol. The van der Waals surface area contributed by atoms with Crippen LogP contribution in [0.3, 0.4) is 0 Å². The van der Waals surface area contributed by atoms with Gasteiger partial charge in [0.2, 0.25) is 0 Å². The van der Waals surface area contributed by atoms with Gasteiger partial charge < -0.3 is 14.2 Å². The van der Waals surface area contributed by atoms with Gasteiger partial charge >= 0.3 is 17.9 Å². The molecule has 0 aromatic heterocycles. The molecule has 0 heterocycles. The van der Waals surface area contributed by atoms with Crippen molar-refractivity contribution in [3.05, 3.63) is 78.9 Å². The van der Waals surface area contributed by atoms with Gasteiger partial charge in [0.25, 0.3) is 0 Å². The first kappa shape index (κ1) is 44.0. The van der Waals surface area contributed by atoms with E-state index in [1.54, 1.807) is 20.8 Å². The predicted octanol–water partition coefficient (Wildman–Crippen LogP) is 10.00. The van der Waals surface area contributed by atoms with Crippen molar-refractivity contribution in [3.63, 3.8) is 0 Å². The molecule has 0 atom stereocenters. The standard InChI is InChI=1S/C16H30O2.C8H14O2.C8H8.C5H8O2/c1-4-5-6-7-8-9-10-11-12-13-14-18-16(17)15(2)3;1-4-5-6-10-8(9)7(2)3;1-2-8-6-4-3-5-7-8;1-4(2)5(6)7-3/h2,4-14H2,1,3H3;2,4-6H2,1,3H3;2-7H,1H2;1H2,2-3H3. The Bertz CT molecular complexity index is 901. The maximum atomic E-state index is 11.1. The Morgan fingerprint density at radius 2 is 0.977 bits per heavy atom. The molecule has 6 heteroatoms. The lowest BCUT2D eigenvalue weighted by Crippen LogP contribution is -2.05. The lowest BCUT2D eigenvalue weighted by molar-refractivity contribution is -0.139. The second-order valence-electron chi connectivity index (χ2n) is 10.3. The largest absolute Gasteiger partial charge is 0.466 e.